The van der Waals surface area contributed by atoms with Gasteiger partial charge in [0.15, 0.2) is 0 Å². The number of aromatic nitrogens is 3. The Morgan fingerprint density at radius 3 is 1.35 bits per heavy atom. The summed E-state index contributed by atoms with van der Waals surface area (Å²) in [6, 6.07) is 5.77. The Labute approximate surface area is 327 Å². The fourth-order valence-electron chi connectivity index (χ4n) is 7.45. The van der Waals surface area contributed by atoms with Crippen LogP contribution in [0, 0.1) is 0 Å². The highest BCUT2D eigenvalue weighted by Gasteiger charge is 2.61. The number of likely N-dealkylation sites (N-methyl/N-ethyl adjacent to an activating group) is 2. The van der Waals surface area contributed by atoms with Crippen molar-refractivity contribution in [3.63, 3.8) is 0 Å². The van der Waals surface area contributed by atoms with Crippen LogP contribution in [-0.2, 0) is 32.7 Å². The molecule has 3 aromatic rings. The van der Waals surface area contributed by atoms with Crippen molar-refractivity contribution in [1.29, 1.82) is 0 Å². The van der Waals surface area contributed by atoms with Crippen LogP contribution in [0.3, 0.4) is 0 Å². The van der Waals surface area contributed by atoms with Crippen LogP contribution in [0.25, 0.3) is 0 Å². The minimum absolute atomic E-state index is 0.0173. The Balaban J connectivity index is 0.000000159. The first-order valence-electron chi connectivity index (χ1n) is 20.2. The van der Waals surface area contributed by atoms with Crippen LogP contribution in [-0.4, -0.2) is 108 Å². The Morgan fingerprint density at radius 1 is 0.545 bits per heavy atom. The van der Waals surface area contributed by atoms with Gasteiger partial charge in [0.25, 0.3) is 0 Å². The molecule has 4 fully saturated rings. The molecule has 55 heavy (non-hydrogen) atoms. The predicted octanol–water partition coefficient (Wildman–Crippen LogP) is 8.62. The maximum Gasteiger partial charge on any atom is 0.400 e. The molecule has 0 N–H and O–H groups in total. The Morgan fingerprint density at radius 2 is 0.964 bits per heavy atom. The van der Waals surface area contributed by atoms with Gasteiger partial charge in [-0.1, -0.05) is 84.2 Å². The number of nitrogens with zero attached hydrogens (tertiary/aromatic N) is 7. The molecule has 310 valence electrons. The maximum absolute atomic E-state index is 13.1. The van der Waals surface area contributed by atoms with Crippen molar-refractivity contribution in [3.05, 3.63) is 52.6 Å². The van der Waals surface area contributed by atoms with E-state index in [0.717, 1.165) is 75.3 Å². The van der Waals surface area contributed by atoms with Gasteiger partial charge in [-0.3, -0.25) is 9.80 Å². The summed E-state index contributed by atoms with van der Waals surface area (Å²) in [5.41, 5.74) is 0.349. The monoisotopic (exact) mass is 776 g/mol. The summed E-state index contributed by atoms with van der Waals surface area (Å²) in [5.74, 6) is 2.47. The number of alkyl halides is 3. The molecule has 0 spiro atoms. The molecular weight excluding hydrogens is 708 g/mol. The number of hydrogen-bond donors (Lipinski definition) is 0. The summed E-state index contributed by atoms with van der Waals surface area (Å²) < 4.78 is 55.4. The number of hydrogen-bond acceptors (Lipinski definition) is 10. The van der Waals surface area contributed by atoms with Crippen LogP contribution in [0.2, 0.25) is 0 Å². The highest BCUT2D eigenvalue weighted by Crippen LogP contribution is 2.54. The highest BCUT2D eigenvalue weighted by molar-refractivity contribution is 5.27. The van der Waals surface area contributed by atoms with Crippen molar-refractivity contribution in [1.82, 2.24) is 35.1 Å². The van der Waals surface area contributed by atoms with Crippen molar-refractivity contribution in [2.24, 2.45) is 0 Å². The van der Waals surface area contributed by atoms with E-state index in [2.05, 4.69) is 117 Å². The van der Waals surface area contributed by atoms with E-state index >= 15 is 0 Å². The van der Waals surface area contributed by atoms with Gasteiger partial charge in [-0.05, 0) is 53.6 Å². The largest absolute Gasteiger partial charge is 0.400 e. The molecule has 7 rings (SSSR count). The molecule has 5 heterocycles. The minimum Gasteiger partial charge on any atom is -0.361 e. The normalized spacial score (nSPS) is 21.6. The zero-order chi connectivity index (χ0) is 40.8. The maximum atomic E-state index is 13.1. The van der Waals surface area contributed by atoms with Crippen molar-refractivity contribution in [2.45, 2.75) is 147 Å². The van der Waals surface area contributed by atoms with Gasteiger partial charge < -0.3 is 23.4 Å². The van der Waals surface area contributed by atoms with Gasteiger partial charge in [-0.25, -0.2) is 0 Å². The fourth-order valence-corrected chi connectivity index (χ4v) is 7.45. The second-order valence-electron chi connectivity index (χ2n) is 20.1. The molecule has 0 radical (unpaired) electrons. The second-order valence-corrected chi connectivity index (χ2v) is 20.1. The van der Waals surface area contributed by atoms with Crippen molar-refractivity contribution in [2.75, 3.05) is 66.5 Å². The van der Waals surface area contributed by atoms with Gasteiger partial charge >= 0.3 is 6.18 Å². The molecule has 0 amide bonds. The first kappa shape index (κ1) is 43.4. The molecule has 0 aromatic carbocycles. The second kappa shape index (κ2) is 15.5. The molecule has 10 nitrogen and oxygen atoms in total. The van der Waals surface area contributed by atoms with E-state index in [9.17, 15) is 13.2 Å². The van der Waals surface area contributed by atoms with Crippen molar-refractivity contribution < 1.29 is 26.7 Å². The third kappa shape index (κ3) is 9.53. The molecule has 2 saturated carbocycles. The first-order valence-corrected chi connectivity index (χ1v) is 20.2. The van der Waals surface area contributed by atoms with E-state index in [1.807, 2.05) is 20.8 Å². The van der Waals surface area contributed by atoms with Gasteiger partial charge in [-0.2, -0.15) is 13.2 Å². The van der Waals surface area contributed by atoms with E-state index < -0.39 is 11.6 Å². The van der Waals surface area contributed by atoms with E-state index in [0.29, 0.717) is 12.2 Å². The van der Waals surface area contributed by atoms with Gasteiger partial charge in [0.05, 0.1) is 16.8 Å². The number of rotatable bonds is 5. The molecular formula is C42H68F3N7O3. The van der Waals surface area contributed by atoms with Gasteiger partial charge in [0.1, 0.15) is 34.1 Å². The van der Waals surface area contributed by atoms with Crippen LogP contribution in [0.5, 0.6) is 0 Å². The molecule has 13 heteroatoms. The smallest absolute Gasteiger partial charge is 0.361 e. The standard InChI is InChI=1S/C15H25N3O.C15H27N3O.C12H16F3NO/c1-14(2,3)13-11-12(16-19-13)15(5-6-15)18-9-7-17(4)8-10-18;1-14(2,3)13-11-12(16-19-13)15(4,5)18-9-7-17(6)8-10-18;1-10(2,3)9-7-8(16-17-9)11(5-4-6-11)12(13,14)15/h11H,5-10H2,1-4H3;11H,7-10H2,1-6H3;7H,4-6H2,1-3H3. The zero-order valence-corrected chi connectivity index (χ0v) is 35.9. The van der Waals surface area contributed by atoms with Crippen LogP contribution in [0.1, 0.15) is 143 Å². The van der Waals surface area contributed by atoms with E-state index in [4.69, 9.17) is 13.6 Å². The summed E-state index contributed by atoms with van der Waals surface area (Å²) in [5, 5.41) is 12.3. The lowest BCUT2D eigenvalue weighted by molar-refractivity contribution is -0.214. The Kier molecular flexibility index (Phi) is 12.3. The SMILES string of the molecule is CC(C)(C)c1cc(C2(C(F)(F)F)CCC2)no1.CN1CCN(C(C)(C)c2cc(C(C)(C)C)on2)CC1.CN1CCN(C2(c3cc(C(C)(C)C)on3)CC2)CC1. The summed E-state index contributed by atoms with van der Waals surface area (Å²) in [4.78, 5) is 9.88. The molecule has 0 bridgehead atoms. The average molecular weight is 776 g/mol. The van der Waals surface area contributed by atoms with E-state index in [1.165, 1.54) is 18.9 Å². The van der Waals surface area contributed by atoms with Gasteiger partial charge in [0.2, 0.25) is 0 Å². The molecule has 0 unspecified atom stereocenters. The van der Waals surface area contributed by atoms with Crippen molar-refractivity contribution >= 4 is 0 Å². The third-order valence-corrected chi connectivity index (χ3v) is 12.2. The summed E-state index contributed by atoms with van der Waals surface area (Å²) in [7, 11) is 4.38. The quantitative estimate of drug-likeness (QED) is 0.251. The average Bonchev–Trinajstić information content (AvgIpc) is 3.47. The molecule has 2 aliphatic heterocycles. The van der Waals surface area contributed by atoms with Crippen LogP contribution < -0.4 is 0 Å². The molecule has 2 saturated heterocycles. The van der Waals surface area contributed by atoms with Crippen LogP contribution >= 0.6 is 0 Å². The molecule has 4 aliphatic rings. The lowest BCUT2D eigenvalue weighted by Crippen LogP contribution is -2.52. The molecule has 2 aliphatic carbocycles. The lowest BCUT2D eigenvalue weighted by Gasteiger charge is -2.42. The minimum atomic E-state index is -4.24. The van der Waals surface area contributed by atoms with E-state index in [1.54, 1.807) is 0 Å². The third-order valence-electron chi connectivity index (χ3n) is 12.2. The summed E-state index contributed by atoms with van der Waals surface area (Å²) in [6.07, 6.45) is -0.951. The molecule has 3 aromatic heterocycles. The topological polar surface area (TPSA) is 91.1 Å². The van der Waals surface area contributed by atoms with Crippen molar-refractivity contribution in [3.8, 4) is 0 Å². The Bertz CT molecular complexity index is 1610. The van der Waals surface area contributed by atoms with Gasteiger partial charge in [0, 0.05) is 86.8 Å². The highest BCUT2D eigenvalue weighted by atomic mass is 19.4. The van der Waals surface area contributed by atoms with Crippen LogP contribution in [0.15, 0.2) is 31.8 Å². The zero-order valence-electron chi connectivity index (χ0n) is 35.9. The summed E-state index contributed by atoms with van der Waals surface area (Å²) in [6.45, 7) is 32.1. The first-order chi connectivity index (χ1) is 25.3. The van der Waals surface area contributed by atoms with E-state index in [-0.39, 0.29) is 45.9 Å². The lowest BCUT2D eigenvalue weighted by atomic mass is 9.66. The number of halogens is 3. The predicted molar refractivity (Wildman–Crippen MR) is 209 cm³/mol. The Hall–Kier alpha value is -2.74. The van der Waals surface area contributed by atoms with Gasteiger partial charge in [-0.15, -0.1) is 0 Å². The number of piperazine rings is 2. The molecule has 0 atom stereocenters. The summed E-state index contributed by atoms with van der Waals surface area (Å²) >= 11 is 0. The fraction of sp³-hybridized carbons (Fsp3) is 0.786. The van der Waals surface area contributed by atoms with Crippen LogP contribution in [0.4, 0.5) is 13.2 Å².